The van der Waals surface area contributed by atoms with E-state index in [1.807, 2.05) is 49.8 Å². The first-order valence-corrected chi connectivity index (χ1v) is 7.63. The van der Waals surface area contributed by atoms with Crippen molar-refractivity contribution in [3.8, 4) is 5.75 Å². The Kier molecular flexibility index (Phi) is 4.04. The SMILES string of the molecule is CCN(C)c1c(C)nc2c(OCCn3cccc3)cccn12. The van der Waals surface area contributed by atoms with Gasteiger partial charge in [-0.15, -0.1) is 0 Å². The molecule has 3 rings (SSSR count). The van der Waals surface area contributed by atoms with Crippen LogP contribution in [0.5, 0.6) is 5.75 Å². The third-order valence-corrected chi connectivity index (χ3v) is 3.87. The molecule has 0 saturated heterocycles. The van der Waals surface area contributed by atoms with E-state index < -0.39 is 0 Å². The van der Waals surface area contributed by atoms with Crippen molar-refractivity contribution in [2.75, 3.05) is 25.1 Å². The van der Waals surface area contributed by atoms with Gasteiger partial charge < -0.3 is 14.2 Å². The summed E-state index contributed by atoms with van der Waals surface area (Å²) in [5, 5.41) is 0. The van der Waals surface area contributed by atoms with Gasteiger partial charge in [0.05, 0.1) is 12.2 Å². The largest absolute Gasteiger partial charge is 0.488 e. The minimum Gasteiger partial charge on any atom is -0.488 e. The second-order valence-corrected chi connectivity index (χ2v) is 5.37. The van der Waals surface area contributed by atoms with Crippen molar-refractivity contribution in [2.24, 2.45) is 0 Å². The highest BCUT2D eigenvalue weighted by Gasteiger charge is 2.14. The summed E-state index contributed by atoms with van der Waals surface area (Å²) in [6.45, 7) is 6.57. The van der Waals surface area contributed by atoms with Crippen molar-refractivity contribution in [2.45, 2.75) is 20.4 Å². The number of aromatic nitrogens is 3. The zero-order valence-corrected chi connectivity index (χ0v) is 13.4. The molecule has 0 radical (unpaired) electrons. The molecule has 3 heterocycles. The Morgan fingerprint density at radius 1 is 1.18 bits per heavy atom. The zero-order chi connectivity index (χ0) is 15.5. The van der Waals surface area contributed by atoms with Crippen LogP contribution in [0.25, 0.3) is 5.65 Å². The highest BCUT2D eigenvalue weighted by Crippen LogP contribution is 2.26. The summed E-state index contributed by atoms with van der Waals surface area (Å²) in [5.74, 6) is 1.95. The number of imidazole rings is 1. The second-order valence-electron chi connectivity index (χ2n) is 5.37. The first kappa shape index (κ1) is 14.5. The molecule has 0 aromatic carbocycles. The number of hydrogen-bond acceptors (Lipinski definition) is 3. The lowest BCUT2D eigenvalue weighted by atomic mass is 10.4. The standard InChI is InChI=1S/C17H22N4O/c1-4-19(3)17-14(2)18-16-15(8-7-11-21(16)17)22-13-12-20-9-5-6-10-20/h5-11H,4,12-13H2,1-3H3. The summed E-state index contributed by atoms with van der Waals surface area (Å²) in [7, 11) is 2.08. The van der Waals surface area contributed by atoms with Gasteiger partial charge in [0.2, 0.25) is 0 Å². The molecule has 0 spiro atoms. The smallest absolute Gasteiger partial charge is 0.181 e. The van der Waals surface area contributed by atoms with Gasteiger partial charge in [-0.3, -0.25) is 4.40 Å². The number of hydrogen-bond donors (Lipinski definition) is 0. The van der Waals surface area contributed by atoms with Crippen LogP contribution < -0.4 is 9.64 Å². The predicted octanol–water partition coefficient (Wildman–Crippen LogP) is 2.98. The molecule has 0 amide bonds. The van der Waals surface area contributed by atoms with E-state index in [1.165, 1.54) is 0 Å². The number of anilines is 1. The van der Waals surface area contributed by atoms with E-state index in [4.69, 9.17) is 4.74 Å². The second kappa shape index (κ2) is 6.13. The molecule has 116 valence electrons. The third kappa shape index (κ3) is 2.66. The summed E-state index contributed by atoms with van der Waals surface area (Å²) in [5.41, 5.74) is 1.90. The van der Waals surface area contributed by atoms with Crippen LogP contribution in [0.2, 0.25) is 0 Å². The van der Waals surface area contributed by atoms with Gasteiger partial charge in [0.25, 0.3) is 0 Å². The van der Waals surface area contributed by atoms with Crippen molar-refractivity contribution in [3.63, 3.8) is 0 Å². The van der Waals surface area contributed by atoms with E-state index in [0.29, 0.717) is 6.61 Å². The fraction of sp³-hybridized carbons (Fsp3) is 0.353. The van der Waals surface area contributed by atoms with Crippen molar-refractivity contribution < 1.29 is 4.74 Å². The van der Waals surface area contributed by atoms with E-state index >= 15 is 0 Å². The molecule has 3 aromatic rings. The lowest BCUT2D eigenvalue weighted by Gasteiger charge is -2.17. The molecular weight excluding hydrogens is 276 g/mol. The summed E-state index contributed by atoms with van der Waals surface area (Å²) >= 11 is 0. The Bertz CT molecular complexity index is 745. The van der Waals surface area contributed by atoms with Crippen LogP contribution in [0, 0.1) is 6.92 Å². The highest BCUT2D eigenvalue weighted by molar-refractivity contribution is 5.63. The van der Waals surface area contributed by atoms with E-state index in [9.17, 15) is 0 Å². The molecule has 0 saturated carbocycles. The van der Waals surface area contributed by atoms with Crippen LogP contribution in [0.1, 0.15) is 12.6 Å². The highest BCUT2D eigenvalue weighted by atomic mass is 16.5. The molecule has 0 N–H and O–H groups in total. The maximum Gasteiger partial charge on any atom is 0.181 e. The van der Waals surface area contributed by atoms with E-state index in [0.717, 1.165) is 36.0 Å². The van der Waals surface area contributed by atoms with E-state index in [1.54, 1.807) is 0 Å². The van der Waals surface area contributed by atoms with Gasteiger partial charge in [-0.25, -0.2) is 4.98 Å². The molecule has 0 atom stereocenters. The first-order chi connectivity index (χ1) is 10.7. The zero-order valence-electron chi connectivity index (χ0n) is 13.4. The molecule has 5 heteroatoms. The predicted molar refractivity (Wildman–Crippen MR) is 88.8 cm³/mol. The van der Waals surface area contributed by atoms with Crippen LogP contribution in [0.3, 0.4) is 0 Å². The third-order valence-electron chi connectivity index (χ3n) is 3.87. The Morgan fingerprint density at radius 2 is 1.95 bits per heavy atom. The lowest BCUT2D eigenvalue weighted by Crippen LogP contribution is -2.18. The Hall–Kier alpha value is -2.43. The van der Waals surface area contributed by atoms with E-state index in [2.05, 4.69) is 32.8 Å². The van der Waals surface area contributed by atoms with Crippen LogP contribution in [0.15, 0.2) is 42.9 Å². The normalized spacial score (nSPS) is 11.0. The van der Waals surface area contributed by atoms with Crippen LogP contribution >= 0.6 is 0 Å². The van der Waals surface area contributed by atoms with Gasteiger partial charge in [-0.05, 0) is 38.1 Å². The molecule has 3 aromatic heterocycles. The number of pyridine rings is 1. The fourth-order valence-corrected chi connectivity index (χ4v) is 2.65. The van der Waals surface area contributed by atoms with Crippen molar-refractivity contribution in [3.05, 3.63) is 48.5 Å². The summed E-state index contributed by atoms with van der Waals surface area (Å²) in [6, 6.07) is 8.02. The first-order valence-electron chi connectivity index (χ1n) is 7.63. The van der Waals surface area contributed by atoms with Gasteiger partial charge in [0.15, 0.2) is 11.4 Å². The van der Waals surface area contributed by atoms with Crippen molar-refractivity contribution in [1.82, 2.24) is 14.0 Å². The minimum atomic E-state index is 0.624. The fourth-order valence-electron chi connectivity index (χ4n) is 2.65. The van der Waals surface area contributed by atoms with Gasteiger partial charge >= 0.3 is 0 Å². The van der Waals surface area contributed by atoms with Gasteiger partial charge in [0.1, 0.15) is 12.4 Å². The maximum atomic E-state index is 5.95. The Morgan fingerprint density at radius 3 is 2.68 bits per heavy atom. The molecule has 0 fully saturated rings. The van der Waals surface area contributed by atoms with Crippen molar-refractivity contribution in [1.29, 1.82) is 0 Å². The maximum absolute atomic E-state index is 5.95. The quantitative estimate of drug-likeness (QED) is 0.701. The van der Waals surface area contributed by atoms with Crippen molar-refractivity contribution >= 4 is 11.5 Å². The van der Waals surface area contributed by atoms with Gasteiger partial charge in [0, 0.05) is 32.2 Å². The monoisotopic (exact) mass is 298 g/mol. The van der Waals surface area contributed by atoms with E-state index in [-0.39, 0.29) is 0 Å². The van der Waals surface area contributed by atoms with Crippen LogP contribution in [-0.4, -0.2) is 34.2 Å². The number of nitrogens with zero attached hydrogens (tertiary/aromatic N) is 4. The average molecular weight is 298 g/mol. The Labute approximate surface area is 130 Å². The van der Waals surface area contributed by atoms with Gasteiger partial charge in [-0.1, -0.05) is 0 Å². The number of fused-ring (bicyclic) bond motifs is 1. The van der Waals surface area contributed by atoms with Crippen LogP contribution in [0.4, 0.5) is 5.82 Å². The summed E-state index contributed by atoms with van der Waals surface area (Å²) in [4.78, 5) is 6.88. The van der Waals surface area contributed by atoms with Crippen LogP contribution in [-0.2, 0) is 6.54 Å². The summed E-state index contributed by atoms with van der Waals surface area (Å²) < 4.78 is 10.2. The topological polar surface area (TPSA) is 34.7 Å². The molecular formula is C17H22N4O. The Balaban J connectivity index is 1.84. The molecule has 0 aliphatic carbocycles. The lowest BCUT2D eigenvalue weighted by molar-refractivity contribution is 0.300. The molecule has 0 bridgehead atoms. The average Bonchev–Trinajstić information content (AvgIpc) is 3.14. The minimum absolute atomic E-state index is 0.624. The molecule has 0 aliphatic heterocycles. The number of aryl methyl sites for hydroxylation is 1. The molecule has 0 aliphatic rings. The molecule has 5 nitrogen and oxygen atoms in total. The molecule has 22 heavy (non-hydrogen) atoms. The van der Waals surface area contributed by atoms with Gasteiger partial charge in [-0.2, -0.15) is 0 Å². The summed E-state index contributed by atoms with van der Waals surface area (Å²) in [6.07, 6.45) is 6.12. The number of ether oxygens (including phenoxy) is 1. The number of rotatable bonds is 6. The molecule has 0 unspecified atom stereocenters.